The molecule has 0 spiro atoms. The van der Waals surface area contributed by atoms with E-state index in [1.807, 2.05) is 146 Å². The third-order valence-corrected chi connectivity index (χ3v) is 18.3. The third-order valence-electron chi connectivity index (χ3n) is 11.8. The van der Waals surface area contributed by atoms with Crippen LogP contribution >= 0.6 is 40.8 Å². The molecule has 4 heterocycles. The van der Waals surface area contributed by atoms with Crippen LogP contribution in [0, 0.1) is 0 Å². The quantitative estimate of drug-likeness (QED) is 0.118. The molecule has 0 aliphatic carbocycles. The fourth-order valence-electron chi connectivity index (χ4n) is 8.65. The van der Waals surface area contributed by atoms with Crippen LogP contribution in [-0.4, -0.2) is 19.1 Å². The molecule has 0 aliphatic heterocycles. The van der Waals surface area contributed by atoms with Crippen molar-refractivity contribution in [2.75, 3.05) is 0 Å². The van der Waals surface area contributed by atoms with E-state index in [-0.39, 0.29) is 0 Å². The number of hydrogen-bond donors (Lipinski definition) is 0. The molecule has 0 amide bonds. The summed E-state index contributed by atoms with van der Waals surface area (Å²) in [5.41, 5.74) is 5.10. The number of rotatable bonds is 7. The number of benzene rings is 8. The third kappa shape index (κ3) is 8.67. The largest absolute Gasteiger partial charge is 0.307 e. The number of fused-ring (bicyclic) bond motifs is 6. The molecule has 0 N–H and O–H groups in total. The number of aromatic nitrogens is 4. The summed E-state index contributed by atoms with van der Waals surface area (Å²) in [6, 6.07) is 83.0. The lowest BCUT2D eigenvalue weighted by Gasteiger charge is -2.20. The second-order valence-corrected chi connectivity index (χ2v) is 22.9. The Labute approximate surface area is 407 Å². The van der Waals surface area contributed by atoms with E-state index in [1.165, 1.54) is 32.6 Å². The molecule has 12 aromatic rings. The Balaban J connectivity index is 0.000000131. The zero-order valence-electron chi connectivity index (χ0n) is 36.5. The second-order valence-electron chi connectivity index (χ2n) is 15.9. The molecule has 0 bridgehead atoms. The van der Waals surface area contributed by atoms with E-state index in [9.17, 15) is 9.13 Å². The smallest absolute Gasteiger partial charge is 0.225 e. The molecule has 0 unspecified atom stereocenters. The zero-order chi connectivity index (χ0) is 46.5. The number of para-hydroxylation sites is 4. The SMILES string of the molecule is Brc1cccc(-n2c3ccccc3c3ccccc32)n1.O=P(Cl)(c1ccccc1)c1ccccc1.O=P(c1ccccc1)(c1ccccc1)c1cccc(-n2c3ccccc3c3ccccc32)n1. The van der Waals surface area contributed by atoms with Gasteiger partial charge in [-0.3, -0.25) is 13.7 Å². The van der Waals surface area contributed by atoms with Crippen molar-refractivity contribution >= 4 is 111 Å². The first-order valence-corrected chi connectivity index (χ1v) is 27.1. The molecule has 0 saturated carbocycles. The van der Waals surface area contributed by atoms with E-state index in [0.717, 1.165) is 37.9 Å². The Hall–Kier alpha value is -7.11. The van der Waals surface area contributed by atoms with Crippen LogP contribution in [0.4, 0.5) is 0 Å². The number of halogens is 2. The van der Waals surface area contributed by atoms with Crippen molar-refractivity contribution in [3.8, 4) is 11.6 Å². The number of pyridine rings is 2. The first-order valence-electron chi connectivity index (χ1n) is 22.0. The van der Waals surface area contributed by atoms with Crippen molar-refractivity contribution in [2.24, 2.45) is 0 Å². The Kier molecular flexibility index (Phi) is 12.9. The average Bonchev–Trinajstić information content (AvgIpc) is 3.93. The summed E-state index contributed by atoms with van der Waals surface area (Å²) in [6.07, 6.45) is 0. The molecule has 330 valence electrons. The van der Waals surface area contributed by atoms with Crippen molar-refractivity contribution in [2.45, 2.75) is 0 Å². The van der Waals surface area contributed by atoms with Gasteiger partial charge in [0.2, 0.25) is 6.49 Å². The highest BCUT2D eigenvalue weighted by Crippen LogP contribution is 2.48. The second kappa shape index (κ2) is 19.6. The number of hydrogen-bond acceptors (Lipinski definition) is 4. The van der Waals surface area contributed by atoms with Crippen LogP contribution in [0.25, 0.3) is 55.2 Å². The van der Waals surface area contributed by atoms with Gasteiger partial charge < -0.3 is 4.57 Å². The predicted molar refractivity (Wildman–Crippen MR) is 290 cm³/mol. The van der Waals surface area contributed by atoms with E-state index < -0.39 is 13.6 Å². The van der Waals surface area contributed by atoms with Crippen molar-refractivity contribution in [1.82, 2.24) is 19.1 Å². The van der Waals surface area contributed by atoms with Crippen LogP contribution < -0.4 is 26.7 Å². The fraction of sp³-hybridized carbons (Fsp3) is 0. The van der Waals surface area contributed by atoms with Crippen LogP contribution in [0.3, 0.4) is 0 Å². The van der Waals surface area contributed by atoms with Gasteiger partial charge in [-0.1, -0.05) is 206 Å². The molecule has 4 aromatic heterocycles. The maximum atomic E-state index is 14.8. The zero-order valence-corrected chi connectivity index (χ0v) is 40.6. The van der Waals surface area contributed by atoms with Crippen LogP contribution in [0.15, 0.2) is 259 Å². The van der Waals surface area contributed by atoms with Crippen molar-refractivity contribution in [3.63, 3.8) is 0 Å². The highest BCUT2D eigenvalue weighted by molar-refractivity contribution is 9.10. The van der Waals surface area contributed by atoms with E-state index >= 15 is 0 Å². The van der Waals surface area contributed by atoms with Crippen molar-refractivity contribution < 1.29 is 9.13 Å². The van der Waals surface area contributed by atoms with Gasteiger partial charge >= 0.3 is 0 Å². The van der Waals surface area contributed by atoms with Crippen LogP contribution in [-0.2, 0) is 9.13 Å². The molecule has 10 heteroatoms. The van der Waals surface area contributed by atoms with Gasteiger partial charge in [0.1, 0.15) is 21.7 Å². The Bertz CT molecular complexity index is 3600. The molecule has 0 aliphatic rings. The highest BCUT2D eigenvalue weighted by Gasteiger charge is 2.31. The lowest BCUT2D eigenvalue weighted by Crippen LogP contribution is -2.27. The standard InChI is InChI=1S/C29H21N2OP.C17H11BrN2.C12H10ClOP/c32-33(22-12-3-1-4-13-22,23-14-5-2-6-15-23)29-21-11-20-28(30-29)31-26-18-9-7-16-24(26)25-17-8-10-19-27(25)31;18-16-10-5-11-17(19-16)20-14-8-3-1-6-12(14)13-7-2-4-9-15(13)20;13-15(14,11-7-3-1-4-8-11)12-9-5-2-6-10-12/h1-21H;1-11H;1-10H. The van der Waals surface area contributed by atoms with Gasteiger partial charge in [0, 0.05) is 42.8 Å². The molecular weight excluding hydrogens is 962 g/mol. The van der Waals surface area contributed by atoms with Gasteiger partial charge in [-0.2, -0.15) is 0 Å². The highest BCUT2D eigenvalue weighted by atomic mass is 79.9. The van der Waals surface area contributed by atoms with Gasteiger partial charge in [-0.25, -0.2) is 9.97 Å². The fourth-order valence-corrected chi connectivity index (χ4v) is 13.6. The minimum Gasteiger partial charge on any atom is -0.307 e. The summed E-state index contributed by atoms with van der Waals surface area (Å²) in [4.78, 5) is 9.64. The lowest BCUT2D eigenvalue weighted by atomic mass is 10.2. The van der Waals surface area contributed by atoms with Crippen LogP contribution in [0.5, 0.6) is 0 Å². The summed E-state index contributed by atoms with van der Waals surface area (Å²) in [7, 11) is -3.15. The summed E-state index contributed by atoms with van der Waals surface area (Å²) < 4.78 is 32.4. The summed E-state index contributed by atoms with van der Waals surface area (Å²) in [6.45, 7) is -2.93. The first kappa shape index (κ1) is 44.7. The normalized spacial score (nSPS) is 11.5. The molecule has 0 radical (unpaired) electrons. The predicted octanol–water partition coefficient (Wildman–Crippen LogP) is 13.9. The molecule has 0 saturated heterocycles. The molecule has 8 aromatic carbocycles. The summed E-state index contributed by atoms with van der Waals surface area (Å²) in [5, 5.41) is 7.78. The Morgan fingerprint density at radius 3 is 1.01 bits per heavy atom. The minimum absolute atomic E-state index is 0.583. The maximum absolute atomic E-state index is 14.8. The molecule has 0 fully saturated rings. The van der Waals surface area contributed by atoms with Crippen molar-refractivity contribution in [1.29, 1.82) is 0 Å². The van der Waals surface area contributed by atoms with E-state index in [1.54, 1.807) is 24.3 Å². The lowest BCUT2D eigenvalue weighted by molar-refractivity contribution is 0.591. The average molecular weight is 1000 g/mol. The van der Waals surface area contributed by atoms with Gasteiger partial charge in [-0.15, -0.1) is 0 Å². The molecule has 0 atom stereocenters. The first-order chi connectivity index (χ1) is 33.3. The molecule has 6 nitrogen and oxygen atoms in total. The Morgan fingerprint density at radius 2 is 0.647 bits per heavy atom. The van der Waals surface area contributed by atoms with Gasteiger partial charge in [0.05, 0.1) is 22.1 Å². The maximum Gasteiger partial charge on any atom is 0.225 e. The van der Waals surface area contributed by atoms with Crippen LogP contribution in [0.2, 0.25) is 0 Å². The van der Waals surface area contributed by atoms with E-state index in [0.29, 0.717) is 16.0 Å². The Morgan fingerprint density at radius 1 is 0.338 bits per heavy atom. The number of nitrogens with zero attached hydrogens (tertiary/aromatic N) is 4. The van der Waals surface area contributed by atoms with Gasteiger partial charge in [-0.05, 0) is 75.7 Å². The molecule has 12 rings (SSSR count). The van der Waals surface area contributed by atoms with E-state index in [2.05, 4.69) is 115 Å². The minimum atomic E-state index is -3.15. The van der Waals surface area contributed by atoms with E-state index in [4.69, 9.17) is 16.2 Å². The monoisotopic (exact) mass is 1000 g/mol. The van der Waals surface area contributed by atoms with Gasteiger partial charge in [0.25, 0.3) is 0 Å². The molecular formula is C58H42BrClN4O2P2. The summed E-state index contributed by atoms with van der Waals surface area (Å²) >= 11 is 9.59. The van der Waals surface area contributed by atoms with Crippen molar-refractivity contribution in [3.05, 3.63) is 259 Å². The molecule has 68 heavy (non-hydrogen) atoms. The van der Waals surface area contributed by atoms with Gasteiger partial charge in [0.15, 0.2) is 7.14 Å². The summed E-state index contributed by atoms with van der Waals surface area (Å²) in [5.74, 6) is 1.69. The topological polar surface area (TPSA) is 69.8 Å². The van der Waals surface area contributed by atoms with Crippen LogP contribution in [0.1, 0.15) is 0 Å².